The zero-order chi connectivity index (χ0) is 11.0. The van der Waals surface area contributed by atoms with Crippen molar-refractivity contribution in [2.24, 2.45) is 0 Å². The third-order valence-corrected chi connectivity index (χ3v) is 2.74. The third-order valence-electron chi connectivity index (χ3n) is 2.74. The molecule has 1 unspecified atom stereocenters. The summed E-state index contributed by atoms with van der Waals surface area (Å²) in [5.41, 5.74) is 1.05. The van der Waals surface area contributed by atoms with Crippen molar-refractivity contribution in [2.45, 2.75) is 19.9 Å². The van der Waals surface area contributed by atoms with E-state index in [1.807, 2.05) is 24.8 Å². The molecule has 0 saturated carbocycles. The molecule has 0 radical (unpaired) electrons. The maximum Gasteiger partial charge on any atom is 0.246 e. The van der Waals surface area contributed by atoms with Crippen molar-refractivity contribution in [3.05, 3.63) is 24.0 Å². The van der Waals surface area contributed by atoms with Crippen molar-refractivity contribution in [2.75, 3.05) is 16.8 Å². The molecule has 0 bridgehead atoms. The fraction of sp³-hybridized carbons (Fsp3) is 0.364. The molecule has 1 aromatic carbocycles. The molecule has 0 aliphatic carbocycles. The Labute approximate surface area is 87.9 Å². The molecule has 0 fully saturated rings. The molecule has 15 heavy (non-hydrogen) atoms. The highest BCUT2D eigenvalue weighted by Crippen LogP contribution is 2.33. The summed E-state index contributed by atoms with van der Waals surface area (Å²) in [6.07, 6.45) is 0. The number of nitrogens with zero attached hydrogens (tertiary/aromatic N) is 1. The normalized spacial score (nSPS) is 19.8. The van der Waals surface area contributed by atoms with Crippen LogP contribution in [0.1, 0.15) is 13.8 Å². The predicted molar refractivity (Wildman–Crippen MR) is 57.5 cm³/mol. The molecule has 0 aromatic heterocycles. The maximum absolute atomic E-state index is 13.4. The molecule has 80 valence electrons. The quantitative estimate of drug-likeness (QED) is 0.765. The second-order valence-corrected chi connectivity index (χ2v) is 3.59. The van der Waals surface area contributed by atoms with Crippen molar-refractivity contribution in [3.63, 3.8) is 0 Å². The zero-order valence-corrected chi connectivity index (χ0v) is 8.75. The number of halogens is 1. The van der Waals surface area contributed by atoms with E-state index in [9.17, 15) is 9.18 Å². The van der Waals surface area contributed by atoms with Crippen LogP contribution in [0, 0.1) is 5.82 Å². The minimum Gasteiger partial charge on any atom is -0.358 e. The van der Waals surface area contributed by atoms with Gasteiger partial charge in [0.05, 0.1) is 5.69 Å². The summed E-state index contributed by atoms with van der Waals surface area (Å²) >= 11 is 0. The summed E-state index contributed by atoms with van der Waals surface area (Å²) in [4.78, 5) is 13.4. The molecule has 4 heteroatoms. The van der Waals surface area contributed by atoms with Gasteiger partial charge in [0.25, 0.3) is 0 Å². The van der Waals surface area contributed by atoms with E-state index in [2.05, 4.69) is 5.32 Å². The van der Waals surface area contributed by atoms with Crippen LogP contribution in [0.5, 0.6) is 0 Å². The van der Waals surface area contributed by atoms with Gasteiger partial charge in [0.15, 0.2) is 0 Å². The summed E-state index contributed by atoms with van der Waals surface area (Å²) in [5, 5.41) is 2.59. The molecule has 1 amide bonds. The average molecular weight is 208 g/mol. The molecule has 1 aromatic rings. The molecule has 1 aliphatic rings. The van der Waals surface area contributed by atoms with Crippen molar-refractivity contribution < 1.29 is 9.18 Å². The van der Waals surface area contributed by atoms with Crippen LogP contribution in [0.15, 0.2) is 18.2 Å². The molecule has 2 rings (SSSR count). The number of amides is 1. The summed E-state index contributed by atoms with van der Waals surface area (Å²) in [6.45, 7) is 4.45. The van der Waals surface area contributed by atoms with Gasteiger partial charge in [-0.3, -0.25) is 4.79 Å². The standard InChI is InChI=1S/C11H13FN2O/c1-3-14-7(2)11(15)13-10-8(12)5-4-6-9(10)14/h4-7H,3H2,1-2H3,(H,13,15). The van der Waals surface area contributed by atoms with Gasteiger partial charge >= 0.3 is 0 Å². The maximum atomic E-state index is 13.4. The number of fused-ring (bicyclic) bond motifs is 1. The molecule has 1 N–H and O–H groups in total. The van der Waals surface area contributed by atoms with E-state index in [1.165, 1.54) is 6.07 Å². The minimum absolute atomic E-state index is 0.158. The Bertz CT molecular complexity index is 406. The second-order valence-electron chi connectivity index (χ2n) is 3.59. The number of anilines is 2. The highest BCUT2D eigenvalue weighted by Gasteiger charge is 2.29. The van der Waals surface area contributed by atoms with E-state index in [0.29, 0.717) is 12.2 Å². The van der Waals surface area contributed by atoms with Gasteiger partial charge in [-0.05, 0) is 26.0 Å². The molecule has 0 saturated heterocycles. The monoisotopic (exact) mass is 208 g/mol. The first-order valence-corrected chi connectivity index (χ1v) is 5.01. The summed E-state index contributed by atoms with van der Waals surface area (Å²) < 4.78 is 13.4. The molecule has 1 atom stereocenters. The van der Waals surface area contributed by atoms with Crippen molar-refractivity contribution in [1.82, 2.24) is 0 Å². The Morgan fingerprint density at radius 1 is 1.53 bits per heavy atom. The lowest BCUT2D eigenvalue weighted by Crippen LogP contribution is -2.46. The number of nitrogens with one attached hydrogen (secondary N) is 1. The van der Waals surface area contributed by atoms with Crippen molar-refractivity contribution in [1.29, 1.82) is 0 Å². The zero-order valence-electron chi connectivity index (χ0n) is 8.75. The Morgan fingerprint density at radius 2 is 2.27 bits per heavy atom. The van der Waals surface area contributed by atoms with Crippen LogP contribution >= 0.6 is 0 Å². The molecule has 0 spiro atoms. The third kappa shape index (κ3) is 1.46. The average Bonchev–Trinajstić information content (AvgIpc) is 2.22. The van der Waals surface area contributed by atoms with Gasteiger partial charge in [0.1, 0.15) is 17.5 Å². The summed E-state index contributed by atoms with van der Waals surface area (Å²) in [6, 6.07) is 4.58. The lowest BCUT2D eigenvalue weighted by molar-refractivity contribution is -0.117. The summed E-state index contributed by atoms with van der Waals surface area (Å²) in [5.74, 6) is -0.541. The Hall–Kier alpha value is -1.58. The van der Waals surface area contributed by atoms with Crippen LogP contribution < -0.4 is 10.2 Å². The second kappa shape index (κ2) is 3.53. The smallest absolute Gasteiger partial charge is 0.246 e. The van der Waals surface area contributed by atoms with Gasteiger partial charge in [-0.25, -0.2) is 4.39 Å². The number of likely N-dealkylation sites (N-methyl/N-ethyl adjacent to an activating group) is 1. The van der Waals surface area contributed by atoms with Gasteiger partial charge in [-0.15, -0.1) is 0 Å². The molecule has 1 aliphatic heterocycles. The van der Waals surface area contributed by atoms with Crippen LogP contribution in [-0.2, 0) is 4.79 Å². The van der Waals surface area contributed by atoms with Gasteiger partial charge in [-0.1, -0.05) is 6.07 Å². The molecule has 3 nitrogen and oxygen atoms in total. The van der Waals surface area contributed by atoms with Gasteiger partial charge < -0.3 is 10.2 Å². The number of para-hydroxylation sites is 1. The fourth-order valence-corrected chi connectivity index (χ4v) is 1.90. The van der Waals surface area contributed by atoms with Crippen LogP contribution in [0.3, 0.4) is 0 Å². The molecule has 1 heterocycles. The molecular weight excluding hydrogens is 195 g/mol. The van der Waals surface area contributed by atoms with Crippen LogP contribution in [0.4, 0.5) is 15.8 Å². The number of carbonyl (C=O) groups is 1. The van der Waals surface area contributed by atoms with Crippen molar-refractivity contribution >= 4 is 17.3 Å². The van der Waals surface area contributed by atoms with E-state index in [1.54, 1.807) is 6.07 Å². The van der Waals surface area contributed by atoms with Crippen LogP contribution in [0.25, 0.3) is 0 Å². The lowest BCUT2D eigenvalue weighted by atomic mass is 10.1. The van der Waals surface area contributed by atoms with E-state index in [4.69, 9.17) is 0 Å². The highest BCUT2D eigenvalue weighted by atomic mass is 19.1. The minimum atomic E-state index is -0.383. The van der Waals surface area contributed by atoms with E-state index >= 15 is 0 Å². The number of hydrogen-bond acceptors (Lipinski definition) is 2. The van der Waals surface area contributed by atoms with Gasteiger partial charge in [0, 0.05) is 6.54 Å². The largest absolute Gasteiger partial charge is 0.358 e. The van der Waals surface area contributed by atoms with E-state index in [-0.39, 0.29) is 17.8 Å². The van der Waals surface area contributed by atoms with Crippen LogP contribution in [0.2, 0.25) is 0 Å². The lowest BCUT2D eigenvalue weighted by Gasteiger charge is -2.35. The highest BCUT2D eigenvalue weighted by molar-refractivity contribution is 6.03. The number of carbonyl (C=O) groups excluding carboxylic acids is 1. The van der Waals surface area contributed by atoms with Gasteiger partial charge in [-0.2, -0.15) is 0 Å². The Morgan fingerprint density at radius 3 is 2.93 bits per heavy atom. The Balaban J connectivity index is 2.54. The number of hydrogen-bond donors (Lipinski definition) is 1. The fourth-order valence-electron chi connectivity index (χ4n) is 1.90. The van der Waals surface area contributed by atoms with E-state index < -0.39 is 0 Å². The summed E-state index contributed by atoms with van der Waals surface area (Å²) in [7, 11) is 0. The SMILES string of the molecule is CCN1c2cccc(F)c2NC(=O)C1C. The first-order chi connectivity index (χ1) is 7.15. The number of benzene rings is 1. The van der Waals surface area contributed by atoms with Crippen LogP contribution in [-0.4, -0.2) is 18.5 Å². The predicted octanol–water partition coefficient (Wildman–Crippen LogP) is 1.99. The van der Waals surface area contributed by atoms with E-state index in [0.717, 1.165) is 5.69 Å². The van der Waals surface area contributed by atoms with Gasteiger partial charge in [0.2, 0.25) is 5.91 Å². The molecular formula is C11H13FN2O. The van der Waals surface area contributed by atoms with Crippen molar-refractivity contribution in [3.8, 4) is 0 Å². The first kappa shape index (κ1) is 9.96. The number of rotatable bonds is 1. The topological polar surface area (TPSA) is 32.3 Å². The Kier molecular flexibility index (Phi) is 2.34. The first-order valence-electron chi connectivity index (χ1n) is 5.01.